The number of ketones is 1. The first-order chi connectivity index (χ1) is 13.8. The Morgan fingerprint density at radius 1 is 1.03 bits per heavy atom. The molecule has 5 nitrogen and oxygen atoms in total. The highest BCUT2D eigenvalue weighted by atomic mass is 16.5. The maximum absolute atomic E-state index is 12.9. The van der Waals surface area contributed by atoms with E-state index >= 15 is 0 Å². The summed E-state index contributed by atoms with van der Waals surface area (Å²) in [6, 6.07) is 16.0. The quantitative estimate of drug-likeness (QED) is 0.473. The first-order valence-electron chi connectivity index (χ1n) is 9.69. The molecule has 152 valence electrons. The van der Waals surface area contributed by atoms with Crippen LogP contribution in [0.3, 0.4) is 0 Å². The van der Waals surface area contributed by atoms with E-state index in [4.69, 9.17) is 4.74 Å². The van der Waals surface area contributed by atoms with E-state index in [1.807, 2.05) is 30.3 Å². The zero-order valence-electron chi connectivity index (χ0n) is 17.3. The van der Waals surface area contributed by atoms with Gasteiger partial charge in [-0.1, -0.05) is 75.4 Å². The molecule has 0 saturated carbocycles. The number of hydrogen-bond donors (Lipinski definition) is 1. The highest BCUT2D eigenvalue weighted by Crippen LogP contribution is 2.39. The van der Waals surface area contributed by atoms with E-state index in [1.54, 1.807) is 31.4 Å². The summed E-state index contributed by atoms with van der Waals surface area (Å²) in [5.74, 6) is -1.45. The maximum atomic E-state index is 12.9. The first-order valence-corrected chi connectivity index (χ1v) is 9.69. The van der Waals surface area contributed by atoms with Crippen LogP contribution in [0.4, 0.5) is 0 Å². The monoisotopic (exact) mass is 393 g/mol. The van der Waals surface area contributed by atoms with Gasteiger partial charge in [-0.2, -0.15) is 0 Å². The van der Waals surface area contributed by atoms with E-state index in [9.17, 15) is 14.7 Å². The van der Waals surface area contributed by atoms with Crippen molar-refractivity contribution < 1.29 is 19.4 Å². The van der Waals surface area contributed by atoms with Gasteiger partial charge in [-0.25, -0.2) is 0 Å². The topological polar surface area (TPSA) is 66.8 Å². The summed E-state index contributed by atoms with van der Waals surface area (Å²) in [6.45, 7) is 6.94. The Hall–Kier alpha value is -2.92. The molecule has 1 amide bonds. The predicted octanol–water partition coefficient (Wildman–Crippen LogP) is 4.05. The van der Waals surface area contributed by atoms with Crippen LogP contribution in [0.15, 0.2) is 60.2 Å². The summed E-state index contributed by atoms with van der Waals surface area (Å²) in [6.07, 6.45) is 0. The highest BCUT2D eigenvalue weighted by molar-refractivity contribution is 6.46. The van der Waals surface area contributed by atoms with Crippen molar-refractivity contribution in [1.82, 2.24) is 4.90 Å². The second-order valence-corrected chi connectivity index (χ2v) is 8.22. The van der Waals surface area contributed by atoms with Crippen molar-refractivity contribution in [1.29, 1.82) is 0 Å². The van der Waals surface area contributed by atoms with Crippen LogP contribution in [0.1, 0.15) is 43.5 Å². The Labute approximate surface area is 171 Å². The van der Waals surface area contributed by atoms with E-state index in [2.05, 4.69) is 20.8 Å². The van der Waals surface area contributed by atoms with Crippen molar-refractivity contribution in [2.45, 2.75) is 32.2 Å². The number of aliphatic hydroxyl groups excluding tert-OH is 1. The Kier molecular flexibility index (Phi) is 5.89. The lowest BCUT2D eigenvalue weighted by molar-refractivity contribution is -0.140. The fourth-order valence-corrected chi connectivity index (χ4v) is 3.56. The molecule has 2 aromatic carbocycles. The highest BCUT2D eigenvalue weighted by Gasteiger charge is 2.45. The van der Waals surface area contributed by atoms with Gasteiger partial charge in [0.05, 0.1) is 18.2 Å². The van der Waals surface area contributed by atoms with Gasteiger partial charge >= 0.3 is 0 Å². The molecule has 0 aliphatic carbocycles. The van der Waals surface area contributed by atoms with Crippen molar-refractivity contribution in [3.63, 3.8) is 0 Å². The second-order valence-electron chi connectivity index (χ2n) is 8.22. The van der Waals surface area contributed by atoms with Crippen molar-refractivity contribution in [2.75, 3.05) is 20.3 Å². The minimum Gasteiger partial charge on any atom is -0.507 e. The van der Waals surface area contributed by atoms with E-state index in [1.165, 1.54) is 4.90 Å². The van der Waals surface area contributed by atoms with E-state index in [0.717, 1.165) is 11.1 Å². The van der Waals surface area contributed by atoms with Crippen LogP contribution in [0.25, 0.3) is 5.76 Å². The number of rotatable bonds is 5. The van der Waals surface area contributed by atoms with E-state index in [-0.39, 0.29) is 23.3 Å². The molecule has 1 unspecified atom stereocenters. The van der Waals surface area contributed by atoms with Gasteiger partial charge in [-0.05, 0) is 16.5 Å². The molecule has 0 aromatic heterocycles. The molecule has 0 radical (unpaired) electrons. The molecule has 1 saturated heterocycles. The number of likely N-dealkylation sites (tertiary alicyclic amines) is 1. The fraction of sp³-hybridized carbons (Fsp3) is 0.333. The summed E-state index contributed by atoms with van der Waals surface area (Å²) in [5, 5.41) is 10.9. The molecule has 3 rings (SSSR count). The number of aliphatic hydroxyl groups is 1. The van der Waals surface area contributed by atoms with Crippen LogP contribution in [-0.4, -0.2) is 42.0 Å². The number of methoxy groups -OCH3 is 1. The largest absolute Gasteiger partial charge is 0.507 e. The third kappa shape index (κ3) is 4.10. The number of Topliss-reactive ketones (excluding diaryl/α,β-unsaturated/α-hetero) is 1. The first kappa shape index (κ1) is 20.8. The van der Waals surface area contributed by atoms with Crippen LogP contribution in [0.2, 0.25) is 0 Å². The summed E-state index contributed by atoms with van der Waals surface area (Å²) < 4.78 is 5.13. The number of carbonyl (C=O) groups excluding carboxylic acids is 2. The molecule has 1 N–H and O–H groups in total. The number of nitrogens with zero attached hydrogens (tertiary/aromatic N) is 1. The number of benzene rings is 2. The Morgan fingerprint density at radius 3 is 2.21 bits per heavy atom. The third-order valence-electron chi connectivity index (χ3n) is 5.22. The molecule has 1 heterocycles. The third-order valence-corrected chi connectivity index (χ3v) is 5.22. The van der Waals surface area contributed by atoms with Crippen LogP contribution in [0.5, 0.6) is 0 Å². The van der Waals surface area contributed by atoms with Crippen LogP contribution in [-0.2, 0) is 19.7 Å². The Morgan fingerprint density at radius 2 is 1.66 bits per heavy atom. The van der Waals surface area contributed by atoms with Gasteiger partial charge in [0.15, 0.2) is 0 Å². The number of hydrogen-bond acceptors (Lipinski definition) is 4. The van der Waals surface area contributed by atoms with Gasteiger partial charge < -0.3 is 14.7 Å². The zero-order chi connectivity index (χ0) is 21.2. The van der Waals surface area contributed by atoms with Crippen molar-refractivity contribution in [3.05, 3.63) is 76.9 Å². The van der Waals surface area contributed by atoms with Gasteiger partial charge in [-0.3, -0.25) is 9.59 Å². The molecule has 5 heteroatoms. The zero-order valence-corrected chi connectivity index (χ0v) is 17.3. The molecule has 1 aliphatic rings. The molecule has 1 atom stereocenters. The summed E-state index contributed by atoms with van der Waals surface area (Å²) in [4.78, 5) is 27.1. The molecule has 0 spiro atoms. The summed E-state index contributed by atoms with van der Waals surface area (Å²) in [5.41, 5.74) is 2.54. The normalized spacial score (nSPS) is 19.0. The average molecular weight is 393 g/mol. The lowest BCUT2D eigenvalue weighted by atomic mass is 9.85. The van der Waals surface area contributed by atoms with Crippen LogP contribution in [0, 0.1) is 0 Å². The molecule has 1 aliphatic heterocycles. The summed E-state index contributed by atoms with van der Waals surface area (Å²) >= 11 is 0. The van der Waals surface area contributed by atoms with Gasteiger partial charge in [0.25, 0.3) is 11.7 Å². The van der Waals surface area contributed by atoms with Crippen molar-refractivity contribution in [2.24, 2.45) is 0 Å². The lowest BCUT2D eigenvalue weighted by Crippen LogP contribution is -2.32. The van der Waals surface area contributed by atoms with Gasteiger partial charge in [0, 0.05) is 19.2 Å². The molecule has 29 heavy (non-hydrogen) atoms. The summed E-state index contributed by atoms with van der Waals surface area (Å²) in [7, 11) is 1.55. The fourth-order valence-electron chi connectivity index (χ4n) is 3.56. The van der Waals surface area contributed by atoms with E-state index < -0.39 is 17.7 Å². The molecule has 1 fully saturated rings. The molecule has 0 bridgehead atoms. The van der Waals surface area contributed by atoms with Crippen LogP contribution >= 0.6 is 0 Å². The van der Waals surface area contributed by atoms with Gasteiger partial charge in [0.1, 0.15) is 5.76 Å². The Bertz CT molecular complexity index is 924. The Balaban J connectivity index is 2.13. The maximum Gasteiger partial charge on any atom is 0.295 e. The molecular formula is C24H27NO4. The standard InChI is InChI=1S/C24H27NO4/c1-24(2,3)18-12-10-16(11-13-18)20-19(21(26)17-8-6-5-7-9-17)22(27)23(28)25(20)14-15-29-4/h5-13,20,26H,14-15H2,1-4H3. The minimum absolute atomic E-state index is 0.0135. The smallest absolute Gasteiger partial charge is 0.295 e. The molecule has 2 aromatic rings. The van der Waals surface area contributed by atoms with E-state index in [0.29, 0.717) is 12.2 Å². The van der Waals surface area contributed by atoms with Gasteiger partial charge in [-0.15, -0.1) is 0 Å². The van der Waals surface area contributed by atoms with Crippen molar-refractivity contribution >= 4 is 17.4 Å². The number of amides is 1. The van der Waals surface area contributed by atoms with Crippen molar-refractivity contribution in [3.8, 4) is 0 Å². The SMILES string of the molecule is COCCN1C(=O)C(=O)C(=C(O)c2ccccc2)C1c1ccc(C(C)(C)C)cc1. The number of ether oxygens (including phenoxy) is 1. The second kappa shape index (κ2) is 8.21. The average Bonchev–Trinajstić information content (AvgIpc) is 2.96. The van der Waals surface area contributed by atoms with Gasteiger partial charge in [0.2, 0.25) is 0 Å². The predicted molar refractivity (Wildman–Crippen MR) is 112 cm³/mol. The molecular weight excluding hydrogens is 366 g/mol. The van der Waals surface area contributed by atoms with Crippen LogP contribution < -0.4 is 0 Å². The minimum atomic E-state index is -0.674. The lowest BCUT2D eigenvalue weighted by Gasteiger charge is -2.26. The number of carbonyl (C=O) groups is 2.